The first kappa shape index (κ1) is 15.3. The molecule has 0 saturated carbocycles. The lowest BCUT2D eigenvalue weighted by atomic mass is 10.3. The molecule has 2 atom stereocenters. The highest BCUT2D eigenvalue weighted by molar-refractivity contribution is 7.99. The summed E-state index contributed by atoms with van der Waals surface area (Å²) in [7, 11) is -2.12. The minimum atomic E-state index is -3.72. The Morgan fingerprint density at radius 3 is 2.67 bits per heavy atom. The molecule has 9 heteroatoms. The number of hydrogen-bond acceptors (Lipinski definition) is 6. The SMILES string of the molecule is CSC(CO)C(C)NS(=O)(=O)c1cn(C)nc1N. The second-order valence-electron chi connectivity index (χ2n) is 3.92. The fraction of sp³-hybridized carbons (Fsp3) is 0.667. The average Bonchev–Trinajstić information content (AvgIpc) is 2.59. The maximum Gasteiger partial charge on any atom is 0.246 e. The zero-order chi connectivity index (χ0) is 13.9. The summed E-state index contributed by atoms with van der Waals surface area (Å²) in [6.07, 6.45) is 3.15. The Bertz CT molecular complexity index is 496. The molecule has 0 fully saturated rings. The molecule has 0 bridgehead atoms. The average molecular weight is 294 g/mol. The fourth-order valence-corrected chi connectivity index (χ4v) is 3.61. The van der Waals surface area contributed by atoms with Gasteiger partial charge in [-0.3, -0.25) is 4.68 Å². The van der Waals surface area contributed by atoms with Crippen molar-refractivity contribution < 1.29 is 13.5 Å². The number of thioether (sulfide) groups is 1. The zero-order valence-corrected chi connectivity index (χ0v) is 12.1. The van der Waals surface area contributed by atoms with Crippen LogP contribution < -0.4 is 10.5 Å². The van der Waals surface area contributed by atoms with E-state index in [1.54, 1.807) is 14.0 Å². The summed E-state index contributed by atoms with van der Waals surface area (Å²) in [6.45, 7) is 1.59. The Morgan fingerprint density at radius 2 is 2.28 bits per heavy atom. The van der Waals surface area contributed by atoms with E-state index < -0.39 is 16.1 Å². The molecule has 1 rings (SSSR count). The van der Waals surface area contributed by atoms with Crippen LogP contribution in [-0.2, 0) is 17.1 Å². The van der Waals surface area contributed by atoms with E-state index in [-0.39, 0.29) is 22.6 Å². The van der Waals surface area contributed by atoms with Gasteiger partial charge in [0.1, 0.15) is 4.90 Å². The molecule has 18 heavy (non-hydrogen) atoms. The van der Waals surface area contributed by atoms with Gasteiger partial charge in [-0.15, -0.1) is 0 Å². The van der Waals surface area contributed by atoms with Crippen LogP contribution in [0, 0.1) is 0 Å². The van der Waals surface area contributed by atoms with Crippen LogP contribution in [0.3, 0.4) is 0 Å². The van der Waals surface area contributed by atoms with Gasteiger partial charge in [0.2, 0.25) is 10.0 Å². The molecule has 1 aromatic heterocycles. The summed E-state index contributed by atoms with van der Waals surface area (Å²) in [5.41, 5.74) is 5.54. The minimum Gasteiger partial charge on any atom is -0.395 e. The van der Waals surface area contributed by atoms with Gasteiger partial charge in [-0.05, 0) is 13.2 Å². The highest BCUT2D eigenvalue weighted by Crippen LogP contribution is 2.18. The van der Waals surface area contributed by atoms with Crippen molar-refractivity contribution in [2.75, 3.05) is 18.6 Å². The molecule has 0 aliphatic rings. The van der Waals surface area contributed by atoms with Crippen LogP contribution >= 0.6 is 11.8 Å². The number of nitrogens with zero attached hydrogens (tertiary/aromatic N) is 2. The fourth-order valence-electron chi connectivity index (χ4n) is 1.51. The molecule has 7 nitrogen and oxygen atoms in total. The van der Waals surface area contributed by atoms with Gasteiger partial charge in [0, 0.05) is 24.5 Å². The first-order chi connectivity index (χ1) is 8.31. The van der Waals surface area contributed by atoms with E-state index in [4.69, 9.17) is 10.8 Å². The highest BCUT2D eigenvalue weighted by Gasteiger charge is 2.26. The number of aromatic nitrogens is 2. The van der Waals surface area contributed by atoms with Gasteiger partial charge in [0.15, 0.2) is 5.82 Å². The van der Waals surface area contributed by atoms with Gasteiger partial charge in [0.25, 0.3) is 0 Å². The lowest BCUT2D eigenvalue weighted by molar-refractivity contribution is 0.282. The van der Waals surface area contributed by atoms with E-state index in [9.17, 15) is 8.42 Å². The van der Waals surface area contributed by atoms with E-state index >= 15 is 0 Å². The number of hydrogen-bond donors (Lipinski definition) is 3. The van der Waals surface area contributed by atoms with Crippen molar-refractivity contribution in [2.24, 2.45) is 7.05 Å². The smallest absolute Gasteiger partial charge is 0.246 e. The van der Waals surface area contributed by atoms with Crippen LogP contribution in [0.4, 0.5) is 5.82 Å². The zero-order valence-electron chi connectivity index (χ0n) is 10.5. The lowest BCUT2D eigenvalue weighted by Gasteiger charge is -2.20. The van der Waals surface area contributed by atoms with Gasteiger partial charge >= 0.3 is 0 Å². The van der Waals surface area contributed by atoms with Gasteiger partial charge in [-0.1, -0.05) is 0 Å². The standard InChI is InChI=1S/C9H18N4O3S2/c1-6(7(5-14)17-3)12-18(15,16)8-4-13(2)11-9(8)10/h4,6-7,12,14H,5H2,1-3H3,(H2,10,11). The highest BCUT2D eigenvalue weighted by atomic mass is 32.2. The molecule has 0 spiro atoms. The number of aliphatic hydroxyl groups excluding tert-OH is 1. The Morgan fingerprint density at radius 1 is 1.67 bits per heavy atom. The third-order valence-electron chi connectivity index (χ3n) is 2.49. The predicted octanol–water partition coefficient (Wildman–Crippen LogP) is -0.607. The maximum atomic E-state index is 12.1. The van der Waals surface area contributed by atoms with Gasteiger partial charge < -0.3 is 10.8 Å². The summed E-state index contributed by atoms with van der Waals surface area (Å²) in [5.74, 6) is -0.0399. The number of anilines is 1. The van der Waals surface area contributed by atoms with Crippen molar-refractivity contribution in [1.82, 2.24) is 14.5 Å². The van der Waals surface area contributed by atoms with Gasteiger partial charge in [0.05, 0.1) is 6.61 Å². The Balaban J connectivity index is 2.92. The molecular formula is C9H18N4O3S2. The number of aryl methyl sites for hydroxylation is 1. The van der Waals surface area contributed by atoms with Crippen molar-refractivity contribution in [2.45, 2.75) is 23.1 Å². The summed E-state index contributed by atoms with van der Waals surface area (Å²) in [5, 5.41) is 12.7. The topological polar surface area (TPSA) is 110 Å². The van der Waals surface area contributed by atoms with Crippen LogP contribution in [0.25, 0.3) is 0 Å². The molecule has 4 N–H and O–H groups in total. The second kappa shape index (κ2) is 5.91. The second-order valence-corrected chi connectivity index (χ2v) is 6.68. The molecule has 1 heterocycles. The van der Waals surface area contributed by atoms with E-state index in [2.05, 4.69) is 9.82 Å². The van der Waals surface area contributed by atoms with Gasteiger partial charge in [-0.2, -0.15) is 16.9 Å². The quantitative estimate of drug-likeness (QED) is 0.646. The largest absolute Gasteiger partial charge is 0.395 e. The molecule has 0 aromatic carbocycles. The van der Waals surface area contributed by atoms with Crippen LogP contribution in [-0.4, -0.2) is 47.5 Å². The first-order valence-electron chi connectivity index (χ1n) is 5.27. The predicted molar refractivity (Wildman–Crippen MR) is 71.8 cm³/mol. The molecule has 104 valence electrons. The number of aliphatic hydroxyl groups is 1. The van der Waals surface area contributed by atoms with Crippen LogP contribution in [0.5, 0.6) is 0 Å². The van der Waals surface area contributed by atoms with Crippen molar-refractivity contribution in [3.63, 3.8) is 0 Å². The Labute approximate surface area is 111 Å². The van der Waals surface area contributed by atoms with Crippen LogP contribution in [0.1, 0.15) is 6.92 Å². The summed E-state index contributed by atoms with van der Waals surface area (Å²) in [4.78, 5) is -0.0466. The minimum absolute atomic E-state index is 0.0399. The summed E-state index contributed by atoms with van der Waals surface area (Å²) >= 11 is 1.39. The van der Waals surface area contributed by atoms with Crippen molar-refractivity contribution >= 4 is 27.6 Å². The molecule has 0 amide bonds. The van der Waals surface area contributed by atoms with Crippen LogP contribution in [0.2, 0.25) is 0 Å². The van der Waals surface area contributed by atoms with E-state index in [0.29, 0.717) is 0 Å². The third kappa shape index (κ3) is 3.37. The number of nitrogens with one attached hydrogen (secondary N) is 1. The van der Waals surface area contributed by atoms with E-state index in [1.165, 1.54) is 22.6 Å². The van der Waals surface area contributed by atoms with Crippen molar-refractivity contribution in [1.29, 1.82) is 0 Å². The summed E-state index contributed by atoms with van der Waals surface area (Å²) < 4.78 is 28.0. The number of rotatable bonds is 6. The van der Waals surface area contributed by atoms with Crippen molar-refractivity contribution in [3.05, 3.63) is 6.20 Å². The molecule has 2 unspecified atom stereocenters. The van der Waals surface area contributed by atoms with E-state index in [0.717, 1.165) is 0 Å². The molecule has 0 aliphatic carbocycles. The molecular weight excluding hydrogens is 276 g/mol. The third-order valence-corrected chi connectivity index (χ3v) is 5.23. The van der Waals surface area contributed by atoms with Crippen molar-refractivity contribution in [3.8, 4) is 0 Å². The first-order valence-corrected chi connectivity index (χ1v) is 8.04. The van der Waals surface area contributed by atoms with Crippen LogP contribution in [0.15, 0.2) is 11.1 Å². The summed E-state index contributed by atoms with van der Waals surface area (Å²) in [6, 6.07) is -0.408. The van der Waals surface area contributed by atoms with E-state index in [1.807, 2.05) is 6.26 Å². The number of nitrogen functional groups attached to an aromatic ring is 1. The van der Waals surface area contributed by atoms with Gasteiger partial charge in [-0.25, -0.2) is 13.1 Å². The number of sulfonamides is 1. The molecule has 0 radical (unpaired) electrons. The molecule has 0 aliphatic heterocycles. The monoisotopic (exact) mass is 294 g/mol. The molecule has 0 saturated heterocycles. The Kier molecular flexibility index (Phi) is 5.02. The molecule has 1 aromatic rings. The number of nitrogens with two attached hydrogens (primary N) is 1. The normalized spacial score (nSPS) is 15.6. The lowest BCUT2D eigenvalue weighted by Crippen LogP contribution is -2.41. The Hall–Kier alpha value is -0.770. The maximum absolute atomic E-state index is 12.1.